The summed E-state index contributed by atoms with van der Waals surface area (Å²) in [5, 5.41) is 15.5. The highest BCUT2D eigenvalue weighted by Crippen LogP contribution is 2.23. The van der Waals surface area contributed by atoms with Crippen molar-refractivity contribution < 1.29 is 19.1 Å². The van der Waals surface area contributed by atoms with Gasteiger partial charge in [0, 0.05) is 12.8 Å². The van der Waals surface area contributed by atoms with E-state index in [2.05, 4.69) is 31.8 Å². The van der Waals surface area contributed by atoms with Crippen molar-refractivity contribution in [3.63, 3.8) is 0 Å². The summed E-state index contributed by atoms with van der Waals surface area (Å²) < 4.78 is 13.9. The van der Waals surface area contributed by atoms with Crippen molar-refractivity contribution in [2.75, 3.05) is 5.32 Å². The van der Waals surface area contributed by atoms with Gasteiger partial charge in [0.2, 0.25) is 11.8 Å². The van der Waals surface area contributed by atoms with Crippen LogP contribution in [0.2, 0.25) is 0 Å². The number of amides is 2. The number of benzene rings is 2. The number of halogens is 2. The van der Waals surface area contributed by atoms with Crippen LogP contribution in [0.4, 0.5) is 10.1 Å². The fourth-order valence-electron chi connectivity index (χ4n) is 1.84. The topological polar surface area (TPSA) is 90.8 Å². The highest BCUT2D eigenvalue weighted by molar-refractivity contribution is 9.10. The maximum atomic E-state index is 13.4. The first kappa shape index (κ1) is 18.6. The van der Waals surface area contributed by atoms with Gasteiger partial charge in [-0.15, -0.1) is 0 Å². The van der Waals surface area contributed by atoms with Gasteiger partial charge in [0.1, 0.15) is 11.6 Å². The highest BCUT2D eigenvalue weighted by atomic mass is 79.9. The van der Waals surface area contributed by atoms with Crippen molar-refractivity contribution in [3.05, 3.63) is 58.3 Å². The van der Waals surface area contributed by atoms with E-state index in [0.29, 0.717) is 10.0 Å². The minimum absolute atomic E-state index is 0.0730. The van der Waals surface area contributed by atoms with E-state index in [1.54, 1.807) is 18.2 Å². The third-order valence-electron chi connectivity index (χ3n) is 3.10. The van der Waals surface area contributed by atoms with E-state index in [-0.39, 0.29) is 24.3 Å². The van der Waals surface area contributed by atoms with Crippen LogP contribution in [0.1, 0.15) is 18.4 Å². The van der Waals surface area contributed by atoms with E-state index in [4.69, 9.17) is 0 Å². The SMILES string of the molecule is O=C(CCC(=O)Nc1ccccc1F)N/N=C/c1ccc(O)c(Br)c1. The van der Waals surface area contributed by atoms with Crippen molar-refractivity contribution >= 4 is 39.6 Å². The zero-order chi connectivity index (χ0) is 18.2. The van der Waals surface area contributed by atoms with Gasteiger partial charge in [-0.25, -0.2) is 9.82 Å². The largest absolute Gasteiger partial charge is 0.507 e. The molecule has 0 fully saturated rings. The van der Waals surface area contributed by atoms with Crippen molar-refractivity contribution in [1.29, 1.82) is 0 Å². The molecule has 0 atom stereocenters. The lowest BCUT2D eigenvalue weighted by molar-refractivity contribution is -0.124. The van der Waals surface area contributed by atoms with E-state index in [1.807, 2.05) is 0 Å². The van der Waals surface area contributed by atoms with Crippen LogP contribution in [0.25, 0.3) is 0 Å². The molecular formula is C17H15BrFN3O3. The Hall–Kier alpha value is -2.74. The van der Waals surface area contributed by atoms with Gasteiger partial charge in [0.15, 0.2) is 0 Å². The molecule has 130 valence electrons. The Morgan fingerprint density at radius 2 is 1.88 bits per heavy atom. The zero-order valence-electron chi connectivity index (χ0n) is 13.0. The van der Waals surface area contributed by atoms with Gasteiger partial charge in [-0.05, 0) is 51.8 Å². The van der Waals surface area contributed by atoms with Crippen LogP contribution in [0.3, 0.4) is 0 Å². The van der Waals surface area contributed by atoms with Gasteiger partial charge >= 0.3 is 0 Å². The number of aromatic hydroxyl groups is 1. The number of hydrogen-bond donors (Lipinski definition) is 3. The molecule has 0 unspecified atom stereocenters. The molecule has 0 aliphatic heterocycles. The number of rotatable bonds is 6. The Balaban J connectivity index is 1.76. The van der Waals surface area contributed by atoms with Gasteiger partial charge < -0.3 is 10.4 Å². The average molecular weight is 408 g/mol. The lowest BCUT2D eigenvalue weighted by Crippen LogP contribution is -2.20. The number of nitrogens with one attached hydrogen (secondary N) is 2. The molecule has 0 spiro atoms. The van der Waals surface area contributed by atoms with Crippen LogP contribution in [-0.4, -0.2) is 23.1 Å². The summed E-state index contributed by atoms with van der Waals surface area (Å²) in [4.78, 5) is 23.4. The smallest absolute Gasteiger partial charge is 0.240 e. The summed E-state index contributed by atoms with van der Waals surface area (Å²) in [6.07, 6.45) is 1.22. The number of nitrogens with zero attached hydrogens (tertiary/aromatic N) is 1. The molecule has 0 heterocycles. The summed E-state index contributed by atoms with van der Waals surface area (Å²) in [5.41, 5.74) is 3.04. The molecule has 6 nitrogen and oxygen atoms in total. The molecular weight excluding hydrogens is 393 g/mol. The summed E-state index contributed by atoms with van der Waals surface area (Å²) in [7, 11) is 0. The summed E-state index contributed by atoms with van der Waals surface area (Å²) in [6, 6.07) is 10.5. The molecule has 25 heavy (non-hydrogen) atoms. The van der Waals surface area contributed by atoms with Gasteiger partial charge in [0.25, 0.3) is 0 Å². The standard InChI is InChI=1S/C17H15BrFN3O3/c18-12-9-11(5-6-15(12)23)10-20-22-17(25)8-7-16(24)21-14-4-2-1-3-13(14)19/h1-6,9-10,23H,7-8H2,(H,21,24)(H,22,25)/b20-10+. The minimum Gasteiger partial charge on any atom is -0.507 e. The Labute approximate surface area is 151 Å². The number of para-hydroxylation sites is 1. The molecule has 2 rings (SSSR count). The Kier molecular flexibility index (Phi) is 6.64. The van der Waals surface area contributed by atoms with Gasteiger partial charge in [0.05, 0.1) is 16.4 Å². The number of hydrogen-bond acceptors (Lipinski definition) is 4. The van der Waals surface area contributed by atoms with Crippen LogP contribution in [-0.2, 0) is 9.59 Å². The zero-order valence-corrected chi connectivity index (χ0v) is 14.6. The van der Waals surface area contributed by atoms with Crippen molar-refractivity contribution in [2.24, 2.45) is 5.10 Å². The fourth-order valence-corrected chi connectivity index (χ4v) is 2.24. The van der Waals surface area contributed by atoms with Gasteiger partial charge in [-0.1, -0.05) is 12.1 Å². The number of phenols is 1. The Morgan fingerprint density at radius 3 is 2.60 bits per heavy atom. The Bertz CT molecular complexity index is 811. The lowest BCUT2D eigenvalue weighted by Gasteiger charge is -2.05. The molecule has 8 heteroatoms. The maximum absolute atomic E-state index is 13.4. The molecule has 0 saturated heterocycles. The van der Waals surface area contributed by atoms with Gasteiger partial charge in [-0.2, -0.15) is 5.10 Å². The second-order valence-electron chi connectivity index (χ2n) is 5.03. The number of carbonyl (C=O) groups excluding carboxylic acids is 2. The highest BCUT2D eigenvalue weighted by Gasteiger charge is 2.09. The first-order valence-electron chi connectivity index (χ1n) is 7.30. The van der Waals surface area contributed by atoms with E-state index < -0.39 is 17.6 Å². The van der Waals surface area contributed by atoms with E-state index in [0.717, 1.165) is 0 Å². The van der Waals surface area contributed by atoms with E-state index >= 15 is 0 Å². The van der Waals surface area contributed by atoms with Crippen molar-refractivity contribution in [3.8, 4) is 5.75 Å². The second kappa shape index (κ2) is 8.93. The third kappa shape index (κ3) is 6.00. The first-order valence-corrected chi connectivity index (χ1v) is 8.10. The summed E-state index contributed by atoms with van der Waals surface area (Å²) in [5.74, 6) is -1.35. The molecule has 0 bridgehead atoms. The third-order valence-corrected chi connectivity index (χ3v) is 3.74. The average Bonchev–Trinajstić information content (AvgIpc) is 2.58. The molecule has 3 N–H and O–H groups in total. The lowest BCUT2D eigenvalue weighted by atomic mass is 10.2. The monoisotopic (exact) mass is 407 g/mol. The molecule has 0 aliphatic rings. The molecule has 0 saturated carbocycles. The number of anilines is 1. The van der Waals surface area contributed by atoms with Gasteiger partial charge in [-0.3, -0.25) is 9.59 Å². The Morgan fingerprint density at radius 1 is 1.16 bits per heavy atom. The van der Waals surface area contributed by atoms with Crippen LogP contribution in [0.5, 0.6) is 5.75 Å². The summed E-state index contributed by atoms with van der Waals surface area (Å²) in [6.45, 7) is 0. The number of carbonyl (C=O) groups is 2. The normalized spacial score (nSPS) is 10.6. The second-order valence-corrected chi connectivity index (χ2v) is 5.89. The minimum atomic E-state index is -0.537. The molecule has 0 radical (unpaired) electrons. The van der Waals surface area contributed by atoms with Crippen LogP contribution in [0, 0.1) is 5.82 Å². The number of phenolic OH excluding ortho intramolecular Hbond substituents is 1. The predicted molar refractivity (Wildman–Crippen MR) is 95.8 cm³/mol. The quantitative estimate of drug-likeness (QED) is 0.507. The maximum Gasteiger partial charge on any atom is 0.240 e. The molecule has 2 aromatic rings. The first-order chi connectivity index (χ1) is 12.0. The van der Waals surface area contributed by atoms with Crippen LogP contribution < -0.4 is 10.7 Å². The van der Waals surface area contributed by atoms with Crippen molar-refractivity contribution in [1.82, 2.24) is 5.43 Å². The molecule has 0 aromatic heterocycles. The molecule has 0 aliphatic carbocycles. The van der Waals surface area contributed by atoms with Crippen molar-refractivity contribution in [2.45, 2.75) is 12.8 Å². The molecule has 2 aromatic carbocycles. The van der Waals surface area contributed by atoms with Crippen LogP contribution >= 0.6 is 15.9 Å². The molecule has 2 amide bonds. The fraction of sp³-hybridized carbons (Fsp3) is 0.118. The number of hydrazone groups is 1. The van der Waals surface area contributed by atoms with E-state index in [1.165, 1.54) is 30.5 Å². The van der Waals surface area contributed by atoms with E-state index in [9.17, 15) is 19.1 Å². The van der Waals surface area contributed by atoms with Crippen LogP contribution in [0.15, 0.2) is 52.0 Å². The summed E-state index contributed by atoms with van der Waals surface area (Å²) >= 11 is 3.17. The predicted octanol–water partition coefficient (Wildman–Crippen LogP) is 3.16.